The zero-order valence-electron chi connectivity index (χ0n) is 15.1. The highest BCUT2D eigenvalue weighted by atomic mass is 35.5. The minimum atomic E-state index is -0.137. The molecule has 0 aliphatic heterocycles. The van der Waals surface area contributed by atoms with Gasteiger partial charge >= 0.3 is 0 Å². The van der Waals surface area contributed by atoms with Crippen molar-refractivity contribution in [2.75, 3.05) is 11.1 Å². The van der Waals surface area contributed by atoms with Gasteiger partial charge in [-0.15, -0.1) is 10.2 Å². The van der Waals surface area contributed by atoms with Crippen LogP contribution in [0.5, 0.6) is 0 Å². The second-order valence-corrected chi connectivity index (χ2v) is 7.36. The Balaban J connectivity index is 1.70. The zero-order chi connectivity index (χ0) is 19.2. The summed E-state index contributed by atoms with van der Waals surface area (Å²) in [5, 5.41) is 12.7. The van der Waals surface area contributed by atoms with Crippen LogP contribution >= 0.6 is 23.4 Å². The van der Waals surface area contributed by atoms with E-state index in [2.05, 4.69) is 27.4 Å². The Bertz CT molecular complexity index is 929. The molecule has 1 N–H and O–H groups in total. The maximum absolute atomic E-state index is 12.3. The van der Waals surface area contributed by atoms with Crippen molar-refractivity contribution in [1.82, 2.24) is 19.7 Å². The molecule has 0 fully saturated rings. The molecular weight excluding hydrogens is 382 g/mol. The second-order valence-electron chi connectivity index (χ2n) is 6.01. The first-order valence-electron chi connectivity index (χ1n) is 8.61. The Labute approximate surface area is 167 Å². The summed E-state index contributed by atoms with van der Waals surface area (Å²) in [5.74, 6) is 0.869. The number of halogens is 1. The number of aryl methyl sites for hydroxylation is 1. The lowest BCUT2D eigenvalue weighted by molar-refractivity contribution is -0.113. The Hall–Kier alpha value is -2.38. The molecule has 3 rings (SSSR count). The minimum absolute atomic E-state index is 0.137. The Morgan fingerprint density at radius 3 is 2.70 bits per heavy atom. The number of nitrogens with one attached hydrogen (secondary N) is 1. The first kappa shape index (κ1) is 19.4. The topological polar surface area (TPSA) is 72.7 Å². The van der Waals surface area contributed by atoms with E-state index < -0.39 is 0 Å². The van der Waals surface area contributed by atoms with Crippen LogP contribution in [-0.4, -0.2) is 31.4 Å². The Morgan fingerprint density at radius 1 is 1.22 bits per heavy atom. The van der Waals surface area contributed by atoms with E-state index in [4.69, 9.17) is 11.6 Å². The summed E-state index contributed by atoms with van der Waals surface area (Å²) in [7, 11) is 0. The predicted octanol–water partition coefficient (Wildman–Crippen LogP) is 4.44. The van der Waals surface area contributed by atoms with Gasteiger partial charge in [0.25, 0.3) is 0 Å². The second kappa shape index (κ2) is 9.01. The highest BCUT2D eigenvalue weighted by Crippen LogP contribution is 2.26. The average Bonchev–Trinajstić information content (AvgIpc) is 3.06. The van der Waals surface area contributed by atoms with Crippen molar-refractivity contribution in [1.29, 1.82) is 0 Å². The fourth-order valence-corrected chi connectivity index (χ4v) is 3.62. The molecule has 0 atom stereocenters. The van der Waals surface area contributed by atoms with Crippen LogP contribution in [0.2, 0.25) is 5.02 Å². The lowest BCUT2D eigenvalue weighted by Crippen LogP contribution is -2.15. The summed E-state index contributed by atoms with van der Waals surface area (Å²) in [4.78, 5) is 16.4. The SMILES string of the molecule is CCCn1c(SCC(=O)Nc2ccc(C)cc2Cl)nnc1-c1ccncc1. The van der Waals surface area contributed by atoms with E-state index in [1.165, 1.54) is 11.8 Å². The molecule has 0 saturated heterocycles. The van der Waals surface area contributed by atoms with Crippen LogP contribution in [-0.2, 0) is 11.3 Å². The predicted molar refractivity (Wildman–Crippen MR) is 109 cm³/mol. The van der Waals surface area contributed by atoms with Gasteiger partial charge in [-0.3, -0.25) is 9.78 Å². The van der Waals surface area contributed by atoms with Gasteiger partial charge in [-0.25, -0.2) is 0 Å². The van der Waals surface area contributed by atoms with E-state index in [-0.39, 0.29) is 11.7 Å². The molecule has 140 valence electrons. The molecule has 0 aliphatic carbocycles. The summed E-state index contributed by atoms with van der Waals surface area (Å²) in [6.07, 6.45) is 4.40. The molecule has 2 aromatic heterocycles. The van der Waals surface area contributed by atoms with Crippen molar-refractivity contribution in [3.05, 3.63) is 53.3 Å². The van der Waals surface area contributed by atoms with E-state index in [0.29, 0.717) is 15.9 Å². The number of benzene rings is 1. The summed E-state index contributed by atoms with van der Waals surface area (Å²) < 4.78 is 2.03. The van der Waals surface area contributed by atoms with Gasteiger partial charge < -0.3 is 9.88 Å². The van der Waals surface area contributed by atoms with Crippen molar-refractivity contribution in [2.45, 2.75) is 32.0 Å². The lowest BCUT2D eigenvalue weighted by atomic mass is 10.2. The molecule has 0 spiro atoms. The van der Waals surface area contributed by atoms with Crippen LogP contribution in [0.4, 0.5) is 5.69 Å². The maximum Gasteiger partial charge on any atom is 0.234 e. The molecule has 0 saturated carbocycles. The molecule has 0 aliphatic rings. The molecule has 3 aromatic rings. The number of hydrogen-bond donors (Lipinski definition) is 1. The maximum atomic E-state index is 12.3. The van der Waals surface area contributed by atoms with Crippen LogP contribution in [0.3, 0.4) is 0 Å². The number of anilines is 1. The third-order valence-electron chi connectivity index (χ3n) is 3.83. The lowest BCUT2D eigenvalue weighted by Gasteiger charge is -2.10. The minimum Gasteiger partial charge on any atom is -0.324 e. The third-order valence-corrected chi connectivity index (χ3v) is 5.11. The van der Waals surface area contributed by atoms with Gasteiger partial charge in [0, 0.05) is 24.5 Å². The average molecular weight is 402 g/mol. The van der Waals surface area contributed by atoms with Gasteiger partial charge in [0.15, 0.2) is 11.0 Å². The van der Waals surface area contributed by atoms with Gasteiger partial charge in [-0.05, 0) is 43.2 Å². The Kier molecular flexibility index (Phi) is 6.47. The van der Waals surface area contributed by atoms with Gasteiger partial charge in [0.05, 0.1) is 16.5 Å². The van der Waals surface area contributed by atoms with Crippen molar-refractivity contribution >= 4 is 35.0 Å². The summed E-state index contributed by atoms with van der Waals surface area (Å²) >= 11 is 7.53. The number of hydrogen-bond acceptors (Lipinski definition) is 5. The molecule has 8 heteroatoms. The molecule has 2 heterocycles. The molecule has 0 radical (unpaired) electrons. The smallest absolute Gasteiger partial charge is 0.234 e. The molecule has 1 aromatic carbocycles. The van der Waals surface area contributed by atoms with Crippen molar-refractivity contribution in [3.8, 4) is 11.4 Å². The molecular formula is C19H20ClN5OS. The first-order valence-corrected chi connectivity index (χ1v) is 9.97. The van der Waals surface area contributed by atoms with E-state index in [9.17, 15) is 4.79 Å². The number of nitrogens with zero attached hydrogens (tertiary/aromatic N) is 4. The molecule has 6 nitrogen and oxygen atoms in total. The van der Waals surface area contributed by atoms with Gasteiger partial charge in [-0.1, -0.05) is 36.4 Å². The van der Waals surface area contributed by atoms with Crippen LogP contribution in [0.15, 0.2) is 47.9 Å². The highest BCUT2D eigenvalue weighted by Gasteiger charge is 2.15. The Morgan fingerprint density at radius 2 is 2.00 bits per heavy atom. The number of rotatable bonds is 7. The monoisotopic (exact) mass is 401 g/mol. The molecule has 0 bridgehead atoms. The largest absolute Gasteiger partial charge is 0.324 e. The van der Waals surface area contributed by atoms with Crippen LogP contribution in [0.25, 0.3) is 11.4 Å². The first-order chi connectivity index (χ1) is 13.1. The van der Waals surface area contributed by atoms with Crippen molar-refractivity contribution in [2.24, 2.45) is 0 Å². The van der Waals surface area contributed by atoms with Crippen molar-refractivity contribution < 1.29 is 4.79 Å². The standard InChI is InChI=1S/C19H20ClN5OS/c1-3-10-25-18(14-6-8-21-9-7-14)23-24-19(25)27-12-17(26)22-16-5-4-13(2)11-15(16)20/h4-9,11H,3,10,12H2,1-2H3,(H,22,26). The number of pyridine rings is 1. The zero-order valence-corrected chi connectivity index (χ0v) is 16.7. The van der Waals surface area contributed by atoms with Crippen molar-refractivity contribution in [3.63, 3.8) is 0 Å². The molecule has 1 amide bonds. The van der Waals surface area contributed by atoms with E-state index in [1.807, 2.05) is 35.8 Å². The molecule has 27 heavy (non-hydrogen) atoms. The summed E-state index contributed by atoms with van der Waals surface area (Å²) in [5.41, 5.74) is 2.61. The number of carbonyl (C=O) groups is 1. The van der Waals surface area contributed by atoms with E-state index in [1.54, 1.807) is 18.5 Å². The third kappa shape index (κ3) is 4.87. The quantitative estimate of drug-likeness (QED) is 0.592. The molecule has 0 unspecified atom stereocenters. The van der Waals surface area contributed by atoms with E-state index >= 15 is 0 Å². The van der Waals surface area contributed by atoms with Gasteiger partial charge in [0.2, 0.25) is 5.91 Å². The summed E-state index contributed by atoms with van der Waals surface area (Å²) in [6.45, 7) is 4.82. The van der Waals surface area contributed by atoms with E-state index in [0.717, 1.165) is 29.9 Å². The number of carbonyl (C=O) groups excluding carboxylic acids is 1. The number of amides is 1. The van der Waals surface area contributed by atoms with Crippen LogP contribution in [0.1, 0.15) is 18.9 Å². The number of thioether (sulfide) groups is 1. The van der Waals surface area contributed by atoms with Gasteiger partial charge in [0.1, 0.15) is 0 Å². The number of aromatic nitrogens is 4. The summed E-state index contributed by atoms with van der Waals surface area (Å²) in [6, 6.07) is 9.34. The highest BCUT2D eigenvalue weighted by molar-refractivity contribution is 7.99. The van der Waals surface area contributed by atoms with Crippen LogP contribution < -0.4 is 5.32 Å². The van der Waals surface area contributed by atoms with Gasteiger partial charge in [-0.2, -0.15) is 0 Å². The fourth-order valence-electron chi connectivity index (χ4n) is 2.57. The normalized spacial score (nSPS) is 10.8. The van der Waals surface area contributed by atoms with Crippen LogP contribution in [0, 0.1) is 6.92 Å². The fraction of sp³-hybridized carbons (Fsp3) is 0.263.